The standard InChI is InChI=1S/C12H15NO3/c1-2-13-8-7-11(16-12(13)15)9-3-5-10(14)6-4-9/h3-6,11,14H,2,7-8H2,1H3. The number of phenols is 1. The number of ether oxygens (including phenoxy) is 1. The number of aromatic hydroxyl groups is 1. The first-order valence-electron chi connectivity index (χ1n) is 5.45. The van der Waals surface area contributed by atoms with Gasteiger partial charge in [-0.05, 0) is 24.6 Å². The molecule has 1 aromatic carbocycles. The van der Waals surface area contributed by atoms with Crippen LogP contribution in [0.3, 0.4) is 0 Å². The topological polar surface area (TPSA) is 49.8 Å². The van der Waals surface area contributed by atoms with Gasteiger partial charge in [0, 0.05) is 19.5 Å². The van der Waals surface area contributed by atoms with Gasteiger partial charge in [0.1, 0.15) is 11.9 Å². The minimum Gasteiger partial charge on any atom is -0.508 e. The molecule has 1 fully saturated rings. The van der Waals surface area contributed by atoms with Crippen molar-refractivity contribution in [2.45, 2.75) is 19.4 Å². The van der Waals surface area contributed by atoms with Crippen LogP contribution in [-0.2, 0) is 4.74 Å². The Labute approximate surface area is 94.4 Å². The number of carbonyl (C=O) groups excluding carboxylic acids is 1. The van der Waals surface area contributed by atoms with Crippen LogP contribution in [0.15, 0.2) is 24.3 Å². The number of hydrogen-bond donors (Lipinski definition) is 1. The number of rotatable bonds is 2. The van der Waals surface area contributed by atoms with Crippen LogP contribution in [0.2, 0.25) is 0 Å². The van der Waals surface area contributed by atoms with E-state index in [9.17, 15) is 9.90 Å². The van der Waals surface area contributed by atoms with Crippen LogP contribution in [0.4, 0.5) is 4.79 Å². The van der Waals surface area contributed by atoms with Crippen molar-refractivity contribution in [3.8, 4) is 5.75 Å². The van der Waals surface area contributed by atoms with Crippen LogP contribution in [0.1, 0.15) is 25.0 Å². The lowest BCUT2D eigenvalue weighted by atomic mass is 10.1. The molecule has 2 rings (SSSR count). The molecule has 1 aliphatic rings. The summed E-state index contributed by atoms with van der Waals surface area (Å²) in [5.41, 5.74) is 0.932. The molecule has 1 saturated heterocycles. The summed E-state index contributed by atoms with van der Waals surface area (Å²) in [6.07, 6.45) is 0.354. The van der Waals surface area contributed by atoms with Crippen molar-refractivity contribution in [1.29, 1.82) is 0 Å². The Morgan fingerprint density at radius 3 is 2.69 bits per heavy atom. The fourth-order valence-electron chi connectivity index (χ4n) is 1.83. The van der Waals surface area contributed by atoms with Crippen molar-refractivity contribution in [1.82, 2.24) is 4.90 Å². The second-order valence-electron chi connectivity index (χ2n) is 3.83. The molecule has 1 amide bonds. The molecule has 0 saturated carbocycles. The SMILES string of the molecule is CCN1CCC(c2ccc(O)cc2)OC1=O. The summed E-state index contributed by atoms with van der Waals surface area (Å²) in [4.78, 5) is 13.2. The van der Waals surface area contributed by atoms with Crippen molar-refractivity contribution < 1.29 is 14.6 Å². The van der Waals surface area contributed by atoms with E-state index < -0.39 is 0 Å². The molecule has 0 bridgehead atoms. The van der Waals surface area contributed by atoms with Crippen molar-refractivity contribution >= 4 is 6.09 Å². The molecule has 0 radical (unpaired) electrons. The first-order valence-corrected chi connectivity index (χ1v) is 5.45. The van der Waals surface area contributed by atoms with Gasteiger partial charge in [-0.3, -0.25) is 0 Å². The molecule has 4 nitrogen and oxygen atoms in total. The summed E-state index contributed by atoms with van der Waals surface area (Å²) in [6, 6.07) is 6.79. The van der Waals surface area contributed by atoms with Crippen molar-refractivity contribution in [2.75, 3.05) is 13.1 Å². The van der Waals surface area contributed by atoms with Gasteiger partial charge < -0.3 is 14.7 Å². The molecule has 1 aromatic rings. The Bertz CT molecular complexity index is 374. The first-order chi connectivity index (χ1) is 7.70. The normalized spacial score (nSPS) is 20.7. The highest BCUT2D eigenvalue weighted by atomic mass is 16.6. The lowest BCUT2D eigenvalue weighted by molar-refractivity contribution is 0.0260. The van der Waals surface area contributed by atoms with E-state index in [-0.39, 0.29) is 17.9 Å². The van der Waals surface area contributed by atoms with E-state index in [4.69, 9.17) is 4.74 Å². The highest BCUT2D eigenvalue weighted by Crippen LogP contribution is 2.27. The highest BCUT2D eigenvalue weighted by Gasteiger charge is 2.26. The van der Waals surface area contributed by atoms with Crippen LogP contribution in [0.5, 0.6) is 5.75 Å². The molecule has 0 aromatic heterocycles. The lowest BCUT2D eigenvalue weighted by Crippen LogP contribution is -2.38. The number of hydrogen-bond acceptors (Lipinski definition) is 3. The van der Waals surface area contributed by atoms with Gasteiger partial charge in [0.2, 0.25) is 0 Å². The first kappa shape index (κ1) is 10.8. The number of carbonyl (C=O) groups is 1. The predicted octanol–water partition coefficient (Wildman–Crippen LogP) is 2.30. The highest BCUT2D eigenvalue weighted by molar-refractivity contribution is 5.68. The zero-order chi connectivity index (χ0) is 11.5. The summed E-state index contributed by atoms with van der Waals surface area (Å²) in [5.74, 6) is 0.223. The Kier molecular flexibility index (Phi) is 2.99. The summed E-state index contributed by atoms with van der Waals surface area (Å²) < 4.78 is 5.32. The summed E-state index contributed by atoms with van der Waals surface area (Å²) >= 11 is 0. The van der Waals surface area contributed by atoms with Gasteiger partial charge in [0.25, 0.3) is 0 Å². The predicted molar refractivity (Wildman–Crippen MR) is 59.2 cm³/mol. The van der Waals surface area contributed by atoms with Gasteiger partial charge in [0.15, 0.2) is 0 Å². The zero-order valence-electron chi connectivity index (χ0n) is 9.22. The van der Waals surface area contributed by atoms with E-state index in [1.54, 1.807) is 29.2 Å². The van der Waals surface area contributed by atoms with Gasteiger partial charge in [-0.1, -0.05) is 12.1 Å². The van der Waals surface area contributed by atoms with Crippen LogP contribution in [0.25, 0.3) is 0 Å². The van der Waals surface area contributed by atoms with Gasteiger partial charge in [-0.2, -0.15) is 0 Å². The fraction of sp³-hybridized carbons (Fsp3) is 0.417. The monoisotopic (exact) mass is 221 g/mol. The van der Waals surface area contributed by atoms with E-state index in [1.807, 2.05) is 6.92 Å². The molecule has 1 unspecified atom stereocenters. The van der Waals surface area contributed by atoms with E-state index in [0.717, 1.165) is 18.5 Å². The van der Waals surface area contributed by atoms with Crippen molar-refractivity contribution in [3.63, 3.8) is 0 Å². The molecule has 0 aliphatic carbocycles. The largest absolute Gasteiger partial charge is 0.508 e. The molecule has 1 atom stereocenters. The van der Waals surface area contributed by atoms with E-state index in [2.05, 4.69) is 0 Å². The van der Waals surface area contributed by atoms with Crippen LogP contribution >= 0.6 is 0 Å². The van der Waals surface area contributed by atoms with Gasteiger partial charge in [-0.15, -0.1) is 0 Å². The Morgan fingerprint density at radius 1 is 1.44 bits per heavy atom. The second-order valence-corrected chi connectivity index (χ2v) is 3.83. The number of amides is 1. The minimum atomic E-state index is -0.258. The summed E-state index contributed by atoms with van der Waals surface area (Å²) in [5, 5.41) is 9.17. The number of nitrogens with zero attached hydrogens (tertiary/aromatic N) is 1. The van der Waals surface area contributed by atoms with Crippen LogP contribution < -0.4 is 0 Å². The smallest absolute Gasteiger partial charge is 0.410 e. The average Bonchev–Trinajstić information content (AvgIpc) is 2.30. The Hall–Kier alpha value is -1.71. The Morgan fingerprint density at radius 2 is 2.12 bits per heavy atom. The number of cyclic esters (lactones) is 1. The molecule has 86 valence electrons. The third-order valence-electron chi connectivity index (χ3n) is 2.81. The quantitative estimate of drug-likeness (QED) is 0.833. The minimum absolute atomic E-state index is 0.184. The summed E-state index contributed by atoms with van der Waals surface area (Å²) in [7, 11) is 0. The molecule has 16 heavy (non-hydrogen) atoms. The van der Waals surface area contributed by atoms with Gasteiger partial charge in [-0.25, -0.2) is 4.79 Å². The molecule has 4 heteroatoms. The van der Waals surface area contributed by atoms with Crippen LogP contribution in [-0.4, -0.2) is 29.2 Å². The maximum Gasteiger partial charge on any atom is 0.410 e. The van der Waals surface area contributed by atoms with Gasteiger partial charge >= 0.3 is 6.09 Å². The fourth-order valence-corrected chi connectivity index (χ4v) is 1.83. The van der Waals surface area contributed by atoms with E-state index >= 15 is 0 Å². The van der Waals surface area contributed by atoms with E-state index in [1.165, 1.54) is 0 Å². The third kappa shape index (κ3) is 2.10. The summed E-state index contributed by atoms with van der Waals surface area (Å²) in [6.45, 7) is 3.34. The molecule has 1 aliphatic heterocycles. The molecular weight excluding hydrogens is 206 g/mol. The maximum absolute atomic E-state index is 11.5. The van der Waals surface area contributed by atoms with Crippen LogP contribution in [0, 0.1) is 0 Å². The van der Waals surface area contributed by atoms with Crippen molar-refractivity contribution in [2.24, 2.45) is 0 Å². The lowest BCUT2D eigenvalue weighted by Gasteiger charge is -2.31. The van der Waals surface area contributed by atoms with Gasteiger partial charge in [0.05, 0.1) is 0 Å². The maximum atomic E-state index is 11.5. The number of benzene rings is 1. The molecular formula is C12H15NO3. The zero-order valence-corrected chi connectivity index (χ0v) is 9.22. The number of phenolic OH excluding ortho intramolecular Hbond substituents is 1. The Balaban J connectivity index is 2.07. The third-order valence-corrected chi connectivity index (χ3v) is 2.81. The average molecular weight is 221 g/mol. The molecule has 0 spiro atoms. The second kappa shape index (κ2) is 4.43. The van der Waals surface area contributed by atoms with E-state index in [0.29, 0.717) is 6.54 Å². The molecule has 1 heterocycles. The van der Waals surface area contributed by atoms with Crippen molar-refractivity contribution in [3.05, 3.63) is 29.8 Å². The molecule has 1 N–H and O–H groups in total.